The number of hydrogen-bond donors (Lipinski definition) is 1. The second-order valence-electron chi connectivity index (χ2n) is 5.97. The molecule has 0 spiro atoms. The molecule has 1 aromatic heterocycles. The molecule has 6 heteroatoms. The van der Waals surface area contributed by atoms with Crippen LogP contribution in [-0.4, -0.2) is 41.1 Å². The lowest BCUT2D eigenvalue weighted by atomic mass is 10.0. The second-order valence-corrected chi connectivity index (χ2v) is 5.97. The van der Waals surface area contributed by atoms with Crippen LogP contribution in [0.3, 0.4) is 0 Å². The molecule has 0 amide bonds. The maximum atomic E-state index is 5.85. The Kier molecular flexibility index (Phi) is 3.75. The van der Waals surface area contributed by atoms with Gasteiger partial charge in [0.05, 0.1) is 13.7 Å². The first-order valence-corrected chi connectivity index (χ1v) is 7.92. The Hall–Kier alpha value is -2.34. The zero-order valence-corrected chi connectivity index (χ0v) is 13.2. The van der Waals surface area contributed by atoms with Gasteiger partial charge in [0, 0.05) is 30.6 Å². The van der Waals surface area contributed by atoms with E-state index in [1.165, 1.54) is 5.57 Å². The van der Waals surface area contributed by atoms with Crippen molar-refractivity contribution in [3.8, 4) is 11.5 Å². The molecule has 1 unspecified atom stereocenters. The molecular weight excluding hydrogens is 292 g/mol. The minimum atomic E-state index is 0.433. The molecule has 4 rings (SSSR count). The summed E-state index contributed by atoms with van der Waals surface area (Å²) in [5.41, 5.74) is 2.36. The highest BCUT2D eigenvalue weighted by Crippen LogP contribution is 2.30. The van der Waals surface area contributed by atoms with Crippen LogP contribution < -0.4 is 14.8 Å². The van der Waals surface area contributed by atoms with Crippen molar-refractivity contribution in [1.29, 1.82) is 0 Å². The number of fused-ring (bicyclic) bond motifs is 2. The molecule has 6 nitrogen and oxygen atoms in total. The molecule has 1 N–H and O–H groups in total. The first-order valence-electron chi connectivity index (χ1n) is 7.92. The number of methoxy groups -OCH3 is 1. The van der Waals surface area contributed by atoms with Crippen molar-refractivity contribution in [3.63, 3.8) is 0 Å². The van der Waals surface area contributed by atoms with Crippen LogP contribution in [0.4, 0.5) is 0 Å². The summed E-state index contributed by atoms with van der Waals surface area (Å²) in [4.78, 5) is 4.26. The molecule has 0 fully saturated rings. The maximum Gasteiger partial charge on any atom is 0.138 e. The van der Waals surface area contributed by atoms with E-state index in [2.05, 4.69) is 21.5 Å². The van der Waals surface area contributed by atoms with Crippen LogP contribution in [0, 0.1) is 0 Å². The Morgan fingerprint density at radius 2 is 2.39 bits per heavy atom. The van der Waals surface area contributed by atoms with Gasteiger partial charge in [-0.1, -0.05) is 0 Å². The molecule has 0 radical (unpaired) electrons. The van der Waals surface area contributed by atoms with E-state index in [0.717, 1.165) is 48.8 Å². The van der Waals surface area contributed by atoms with Crippen molar-refractivity contribution in [2.45, 2.75) is 25.4 Å². The molecule has 3 heterocycles. The first-order chi connectivity index (χ1) is 11.3. The van der Waals surface area contributed by atoms with Crippen molar-refractivity contribution in [3.05, 3.63) is 41.5 Å². The van der Waals surface area contributed by atoms with Crippen molar-refractivity contribution >= 4 is 6.08 Å². The summed E-state index contributed by atoms with van der Waals surface area (Å²) in [6.45, 7) is 2.34. The standard InChI is InChI=1S/C17H20N4O2/c1-22-15-4-2-13-6-12(10-23-16(13)7-15)8-18-14-3-5-17-19-11-20-21(17)9-14/h2,4,6-7,11,14,18H,3,5,8-10H2,1H3. The third kappa shape index (κ3) is 2.94. The summed E-state index contributed by atoms with van der Waals surface area (Å²) in [6.07, 6.45) is 5.92. The third-order valence-electron chi connectivity index (χ3n) is 4.42. The van der Waals surface area contributed by atoms with E-state index >= 15 is 0 Å². The molecule has 2 aromatic rings. The number of ether oxygens (including phenoxy) is 2. The van der Waals surface area contributed by atoms with Gasteiger partial charge in [0.2, 0.25) is 0 Å². The number of benzene rings is 1. The zero-order chi connectivity index (χ0) is 15.6. The van der Waals surface area contributed by atoms with Crippen LogP contribution in [0.1, 0.15) is 17.8 Å². The Morgan fingerprint density at radius 1 is 1.43 bits per heavy atom. The van der Waals surface area contributed by atoms with Crippen LogP contribution in [0.15, 0.2) is 30.1 Å². The minimum absolute atomic E-state index is 0.433. The number of aromatic nitrogens is 3. The van der Waals surface area contributed by atoms with Crippen molar-refractivity contribution < 1.29 is 9.47 Å². The van der Waals surface area contributed by atoms with Crippen LogP contribution in [-0.2, 0) is 13.0 Å². The summed E-state index contributed by atoms with van der Waals surface area (Å²) >= 11 is 0. The van der Waals surface area contributed by atoms with Crippen LogP contribution in [0.25, 0.3) is 6.08 Å². The van der Waals surface area contributed by atoms with Crippen LogP contribution >= 0.6 is 0 Å². The minimum Gasteiger partial charge on any atom is -0.497 e. The largest absolute Gasteiger partial charge is 0.497 e. The van der Waals surface area contributed by atoms with E-state index in [4.69, 9.17) is 9.47 Å². The molecule has 0 aliphatic carbocycles. The summed E-state index contributed by atoms with van der Waals surface area (Å²) in [5, 5.41) is 7.88. The monoisotopic (exact) mass is 312 g/mol. The average Bonchev–Trinajstić information content (AvgIpc) is 3.07. The smallest absolute Gasteiger partial charge is 0.138 e. The quantitative estimate of drug-likeness (QED) is 0.930. The third-order valence-corrected chi connectivity index (χ3v) is 4.42. The van der Waals surface area contributed by atoms with Gasteiger partial charge in [0.25, 0.3) is 0 Å². The number of nitrogens with zero attached hydrogens (tertiary/aromatic N) is 3. The molecule has 120 valence electrons. The number of hydrogen-bond acceptors (Lipinski definition) is 5. The van der Waals surface area contributed by atoms with Crippen LogP contribution in [0.5, 0.6) is 11.5 Å². The second kappa shape index (κ2) is 6.04. The van der Waals surface area contributed by atoms with Gasteiger partial charge in [-0.2, -0.15) is 5.10 Å². The van der Waals surface area contributed by atoms with Gasteiger partial charge in [0.15, 0.2) is 0 Å². The first kappa shape index (κ1) is 14.3. The van der Waals surface area contributed by atoms with Crippen molar-refractivity contribution in [1.82, 2.24) is 20.1 Å². The predicted molar refractivity (Wildman–Crippen MR) is 86.6 cm³/mol. The van der Waals surface area contributed by atoms with E-state index in [1.54, 1.807) is 13.4 Å². The highest BCUT2D eigenvalue weighted by atomic mass is 16.5. The van der Waals surface area contributed by atoms with E-state index in [-0.39, 0.29) is 0 Å². The number of nitrogens with one attached hydrogen (secondary N) is 1. The fourth-order valence-electron chi connectivity index (χ4n) is 3.10. The lowest BCUT2D eigenvalue weighted by molar-refractivity contribution is 0.327. The Balaban J connectivity index is 1.39. The van der Waals surface area contributed by atoms with Gasteiger partial charge in [-0.25, -0.2) is 9.67 Å². The fraction of sp³-hybridized carbons (Fsp3) is 0.412. The van der Waals surface area contributed by atoms with Crippen LogP contribution in [0.2, 0.25) is 0 Å². The van der Waals surface area contributed by atoms with Gasteiger partial charge in [-0.05, 0) is 30.2 Å². The van der Waals surface area contributed by atoms with E-state index in [0.29, 0.717) is 12.6 Å². The van der Waals surface area contributed by atoms with E-state index in [1.807, 2.05) is 22.9 Å². The summed E-state index contributed by atoms with van der Waals surface area (Å²) in [5.74, 6) is 2.80. The number of rotatable bonds is 4. The molecule has 2 aliphatic rings. The van der Waals surface area contributed by atoms with E-state index in [9.17, 15) is 0 Å². The molecule has 2 aliphatic heterocycles. The lowest BCUT2D eigenvalue weighted by Gasteiger charge is -2.25. The highest BCUT2D eigenvalue weighted by Gasteiger charge is 2.20. The zero-order valence-electron chi connectivity index (χ0n) is 13.2. The summed E-state index contributed by atoms with van der Waals surface area (Å²) in [6, 6.07) is 6.36. The highest BCUT2D eigenvalue weighted by molar-refractivity contribution is 5.63. The molecule has 23 heavy (non-hydrogen) atoms. The van der Waals surface area contributed by atoms with Gasteiger partial charge >= 0.3 is 0 Å². The maximum absolute atomic E-state index is 5.85. The Bertz CT molecular complexity index is 738. The average molecular weight is 312 g/mol. The number of aryl methyl sites for hydroxylation is 1. The molecule has 0 saturated heterocycles. The fourth-order valence-corrected chi connectivity index (χ4v) is 3.10. The molecular formula is C17H20N4O2. The van der Waals surface area contributed by atoms with E-state index < -0.39 is 0 Å². The molecule has 0 bridgehead atoms. The van der Waals surface area contributed by atoms with Gasteiger partial charge in [-0.15, -0.1) is 0 Å². The van der Waals surface area contributed by atoms with Crippen molar-refractivity contribution in [2.75, 3.05) is 20.3 Å². The van der Waals surface area contributed by atoms with Crippen molar-refractivity contribution in [2.24, 2.45) is 0 Å². The topological polar surface area (TPSA) is 61.2 Å². The summed E-state index contributed by atoms with van der Waals surface area (Å²) in [7, 11) is 1.67. The molecule has 1 aromatic carbocycles. The Labute approximate surface area is 135 Å². The molecule has 1 atom stereocenters. The Morgan fingerprint density at radius 3 is 3.30 bits per heavy atom. The normalized spacial score (nSPS) is 19.3. The van der Waals surface area contributed by atoms with Gasteiger partial charge < -0.3 is 14.8 Å². The van der Waals surface area contributed by atoms with Gasteiger partial charge in [0.1, 0.15) is 30.3 Å². The lowest BCUT2D eigenvalue weighted by Crippen LogP contribution is -2.39. The van der Waals surface area contributed by atoms with Gasteiger partial charge in [-0.3, -0.25) is 0 Å². The predicted octanol–water partition coefficient (Wildman–Crippen LogP) is 1.67. The SMILES string of the molecule is COc1ccc2c(c1)OCC(CNC1CCc3ncnn3C1)=C2. The molecule has 0 saturated carbocycles. The summed E-state index contributed by atoms with van der Waals surface area (Å²) < 4.78 is 13.1.